The largest absolute Gasteiger partial charge is 0.326 e. The van der Waals surface area contributed by atoms with Gasteiger partial charge in [-0.25, -0.2) is 0 Å². The highest BCUT2D eigenvalue weighted by molar-refractivity contribution is 7.08. The zero-order chi connectivity index (χ0) is 11.5. The Morgan fingerprint density at radius 3 is 2.38 bits per heavy atom. The first-order chi connectivity index (χ1) is 7.72. The van der Waals surface area contributed by atoms with E-state index in [4.69, 9.17) is 5.73 Å². The van der Waals surface area contributed by atoms with Crippen LogP contribution in [0.3, 0.4) is 0 Å². The van der Waals surface area contributed by atoms with E-state index < -0.39 is 0 Å². The number of hydrogen-bond donors (Lipinski definition) is 1. The smallest absolute Gasteiger partial charge is 0.0192 e. The van der Waals surface area contributed by atoms with Crippen molar-refractivity contribution >= 4 is 11.3 Å². The van der Waals surface area contributed by atoms with E-state index in [1.807, 2.05) is 0 Å². The standard InChI is InChI=1S/C14H17NS/c1-10(2)11-3-5-12(6-4-11)14-9-16-8-13(14)7-15/h3-6,8-10H,7,15H2,1-2H3. The molecule has 0 aliphatic carbocycles. The summed E-state index contributed by atoms with van der Waals surface area (Å²) in [7, 11) is 0. The first-order valence-electron chi connectivity index (χ1n) is 5.58. The molecule has 2 heteroatoms. The van der Waals surface area contributed by atoms with Crippen molar-refractivity contribution in [2.75, 3.05) is 0 Å². The van der Waals surface area contributed by atoms with Gasteiger partial charge in [0.05, 0.1) is 0 Å². The van der Waals surface area contributed by atoms with Crippen LogP contribution >= 0.6 is 11.3 Å². The minimum absolute atomic E-state index is 0.588. The molecular weight excluding hydrogens is 214 g/mol. The molecule has 0 spiro atoms. The normalized spacial score (nSPS) is 11.0. The fourth-order valence-corrected chi connectivity index (χ4v) is 2.66. The summed E-state index contributed by atoms with van der Waals surface area (Å²) in [5.41, 5.74) is 10.9. The van der Waals surface area contributed by atoms with Crippen molar-refractivity contribution in [2.45, 2.75) is 26.3 Å². The predicted molar refractivity (Wildman–Crippen MR) is 71.7 cm³/mol. The minimum atomic E-state index is 0.588. The highest BCUT2D eigenvalue weighted by Crippen LogP contribution is 2.28. The minimum Gasteiger partial charge on any atom is -0.326 e. The molecule has 0 atom stereocenters. The van der Waals surface area contributed by atoms with Crippen molar-refractivity contribution in [3.63, 3.8) is 0 Å². The van der Waals surface area contributed by atoms with Crippen LogP contribution in [-0.4, -0.2) is 0 Å². The summed E-state index contributed by atoms with van der Waals surface area (Å²) in [6.07, 6.45) is 0. The second-order valence-corrected chi connectivity index (χ2v) is 5.04. The predicted octanol–water partition coefficient (Wildman–Crippen LogP) is 4.00. The van der Waals surface area contributed by atoms with Crippen LogP contribution in [0.1, 0.15) is 30.9 Å². The van der Waals surface area contributed by atoms with Crippen molar-refractivity contribution in [2.24, 2.45) is 5.73 Å². The van der Waals surface area contributed by atoms with Crippen LogP contribution in [0.15, 0.2) is 35.0 Å². The fourth-order valence-electron chi connectivity index (χ4n) is 1.78. The molecule has 1 aromatic carbocycles. The molecule has 0 amide bonds. The molecule has 0 unspecified atom stereocenters. The van der Waals surface area contributed by atoms with Gasteiger partial charge in [0.15, 0.2) is 0 Å². The van der Waals surface area contributed by atoms with Crippen LogP contribution in [0.25, 0.3) is 11.1 Å². The van der Waals surface area contributed by atoms with E-state index in [1.165, 1.54) is 22.3 Å². The third-order valence-electron chi connectivity index (χ3n) is 2.85. The van der Waals surface area contributed by atoms with Gasteiger partial charge in [0, 0.05) is 6.54 Å². The summed E-state index contributed by atoms with van der Waals surface area (Å²) in [6.45, 7) is 5.04. The van der Waals surface area contributed by atoms with Gasteiger partial charge < -0.3 is 5.73 Å². The van der Waals surface area contributed by atoms with E-state index in [1.54, 1.807) is 11.3 Å². The van der Waals surface area contributed by atoms with E-state index in [-0.39, 0.29) is 0 Å². The van der Waals surface area contributed by atoms with Crippen molar-refractivity contribution in [3.05, 3.63) is 46.2 Å². The summed E-state index contributed by atoms with van der Waals surface area (Å²) < 4.78 is 0. The van der Waals surface area contributed by atoms with Crippen LogP contribution in [-0.2, 0) is 6.54 Å². The summed E-state index contributed by atoms with van der Waals surface area (Å²) in [6, 6.07) is 8.79. The number of benzene rings is 1. The Kier molecular flexibility index (Phi) is 3.42. The number of hydrogen-bond acceptors (Lipinski definition) is 2. The Morgan fingerprint density at radius 2 is 1.81 bits per heavy atom. The van der Waals surface area contributed by atoms with E-state index in [9.17, 15) is 0 Å². The Hall–Kier alpha value is -1.12. The molecule has 1 aromatic heterocycles. The maximum Gasteiger partial charge on any atom is 0.0192 e. The van der Waals surface area contributed by atoms with Gasteiger partial charge >= 0.3 is 0 Å². The van der Waals surface area contributed by atoms with Crippen LogP contribution < -0.4 is 5.73 Å². The maximum absolute atomic E-state index is 5.72. The molecule has 0 radical (unpaired) electrons. The summed E-state index contributed by atoms with van der Waals surface area (Å²) in [4.78, 5) is 0. The number of rotatable bonds is 3. The number of nitrogens with two attached hydrogens (primary N) is 1. The van der Waals surface area contributed by atoms with E-state index in [2.05, 4.69) is 48.9 Å². The fraction of sp³-hybridized carbons (Fsp3) is 0.286. The molecule has 0 aliphatic heterocycles. The molecule has 84 valence electrons. The topological polar surface area (TPSA) is 26.0 Å². The van der Waals surface area contributed by atoms with E-state index >= 15 is 0 Å². The van der Waals surface area contributed by atoms with E-state index in [0.29, 0.717) is 12.5 Å². The van der Waals surface area contributed by atoms with Crippen molar-refractivity contribution in [3.8, 4) is 11.1 Å². The lowest BCUT2D eigenvalue weighted by Gasteiger charge is -2.07. The Labute approximate surface area is 101 Å². The van der Waals surface area contributed by atoms with Gasteiger partial charge in [0.25, 0.3) is 0 Å². The highest BCUT2D eigenvalue weighted by atomic mass is 32.1. The van der Waals surface area contributed by atoms with Crippen molar-refractivity contribution < 1.29 is 0 Å². The Bertz CT molecular complexity index is 454. The maximum atomic E-state index is 5.72. The molecule has 0 bridgehead atoms. The molecule has 0 fully saturated rings. The lowest BCUT2D eigenvalue weighted by atomic mass is 9.98. The van der Waals surface area contributed by atoms with Crippen molar-refractivity contribution in [1.82, 2.24) is 0 Å². The first kappa shape index (κ1) is 11.4. The SMILES string of the molecule is CC(C)c1ccc(-c2cscc2CN)cc1. The molecule has 0 aliphatic rings. The van der Waals surface area contributed by atoms with Gasteiger partial charge in [-0.05, 0) is 38.9 Å². The first-order valence-corrected chi connectivity index (χ1v) is 6.52. The third-order valence-corrected chi connectivity index (χ3v) is 3.64. The molecular formula is C14H17NS. The molecule has 0 saturated heterocycles. The monoisotopic (exact) mass is 231 g/mol. The quantitative estimate of drug-likeness (QED) is 0.849. The summed E-state index contributed by atoms with van der Waals surface area (Å²) >= 11 is 1.72. The Balaban J connectivity index is 2.35. The van der Waals surface area contributed by atoms with Crippen LogP contribution in [0.4, 0.5) is 0 Å². The molecule has 1 nitrogen and oxygen atoms in total. The number of thiophene rings is 1. The van der Waals surface area contributed by atoms with Gasteiger partial charge in [-0.2, -0.15) is 11.3 Å². The summed E-state index contributed by atoms with van der Waals surface area (Å²) in [5.74, 6) is 0.588. The Morgan fingerprint density at radius 1 is 1.12 bits per heavy atom. The van der Waals surface area contributed by atoms with E-state index in [0.717, 1.165) is 0 Å². The van der Waals surface area contributed by atoms with Crippen LogP contribution in [0.2, 0.25) is 0 Å². The van der Waals surface area contributed by atoms with Gasteiger partial charge in [-0.1, -0.05) is 38.1 Å². The second kappa shape index (κ2) is 4.81. The molecule has 2 rings (SSSR count). The molecule has 16 heavy (non-hydrogen) atoms. The highest BCUT2D eigenvalue weighted by Gasteiger charge is 2.05. The lowest BCUT2D eigenvalue weighted by Crippen LogP contribution is -1.96. The lowest BCUT2D eigenvalue weighted by molar-refractivity contribution is 0.867. The van der Waals surface area contributed by atoms with Crippen LogP contribution in [0, 0.1) is 0 Å². The average molecular weight is 231 g/mol. The van der Waals surface area contributed by atoms with Gasteiger partial charge in [0.1, 0.15) is 0 Å². The second-order valence-electron chi connectivity index (χ2n) is 4.29. The van der Waals surface area contributed by atoms with Crippen molar-refractivity contribution in [1.29, 1.82) is 0 Å². The third kappa shape index (κ3) is 2.18. The van der Waals surface area contributed by atoms with Gasteiger partial charge in [-0.15, -0.1) is 0 Å². The molecule has 0 saturated carbocycles. The zero-order valence-corrected chi connectivity index (χ0v) is 10.6. The molecule has 1 heterocycles. The molecule has 2 N–H and O–H groups in total. The zero-order valence-electron chi connectivity index (χ0n) is 9.73. The van der Waals surface area contributed by atoms with Gasteiger partial charge in [-0.3, -0.25) is 0 Å². The summed E-state index contributed by atoms with van der Waals surface area (Å²) in [5, 5.41) is 4.30. The van der Waals surface area contributed by atoms with Gasteiger partial charge in [0.2, 0.25) is 0 Å². The van der Waals surface area contributed by atoms with Crippen LogP contribution in [0.5, 0.6) is 0 Å². The average Bonchev–Trinajstić information content (AvgIpc) is 2.77. The molecule has 2 aromatic rings.